The van der Waals surface area contributed by atoms with E-state index >= 15 is 0 Å². The lowest BCUT2D eigenvalue weighted by Gasteiger charge is -2.48. The second kappa shape index (κ2) is 4.71. The lowest BCUT2D eigenvalue weighted by Crippen LogP contribution is -2.42. The highest BCUT2D eigenvalue weighted by molar-refractivity contribution is 5.87. The number of fused-ring (bicyclic) bond motifs is 5. The number of carbonyl (C=O) groups is 1. The summed E-state index contributed by atoms with van der Waals surface area (Å²) in [4.78, 5) is 12.3. The third-order valence-corrected chi connectivity index (χ3v) is 6.85. The first-order valence-corrected chi connectivity index (χ1v) is 8.56. The molecule has 0 bridgehead atoms. The molecule has 2 fully saturated rings. The molecule has 1 aromatic carbocycles. The Morgan fingerprint density at radius 1 is 1.27 bits per heavy atom. The summed E-state index contributed by atoms with van der Waals surface area (Å²) in [5, 5.41) is 10.1. The summed E-state index contributed by atoms with van der Waals surface area (Å²) in [6.45, 7) is 6.09. The summed E-state index contributed by atoms with van der Waals surface area (Å²) >= 11 is 0. The highest BCUT2D eigenvalue weighted by atomic mass is 16.3. The maximum Gasteiger partial charge on any atom is 0.139 e. The minimum Gasteiger partial charge on any atom is -0.507 e. The number of phenolic OH excluding ortho intramolecular Hbond substituents is 1. The number of hydrogen-bond donors (Lipinski definition) is 1. The molecule has 0 unspecified atom stereocenters. The molecule has 2 nitrogen and oxygen atoms in total. The Morgan fingerprint density at radius 2 is 2.09 bits per heavy atom. The van der Waals surface area contributed by atoms with E-state index in [0.29, 0.717) is 29.3 Å². The number of ketones is 1. The number of benzene rings is 1. The number of rotatable bonds is 1. The molecular formula is C20H24O2. The van der Waals surface area contributed by atoms with Crippen LogP contribution in [0.25, 0.3) is 6.08 Å². The van der Waals surface area contributed by atoms with Crippen LogP contribution in [-0.4, -0.2) is 10.9 Å². The van der Waals surface area contributed by atoms with Gasteiger partial charge in [-0.25, -0.2) is 0 Å². The normalized spacial score (nSPS) is 36.4. The molecule has 0 radical (unpaired) electrons. The molecule has 0 amide bonds. The molecule has 1 N–H and O–H groups in total. The van der Waals surface area contributed by atoms with Gasteiger partial charge < -0.3 is 5.11 Å². The van der Waals surface area contributed by atoms with Crippen LogP contribution < -0.4 is 0 Å². The fourth-order valence-corrected chi connectivity index (χ4v) is 5.68. The van der Waals surface area contributed by atoms with E-state index in [1.807, 2.05) is 6.07 Å². The zero-order valence-electron chi connectivity index (χ0n) is 13.3. The van der Waals surface area contributed by atoms with Crippen molar-refractivity contribution in [3.05, 3.63) is 35.4 Å². The second-order valence-corrected chi connectivity index (χ2v) is 7.60. The van der Waals surface area contributed by atoms with Gasteiger partial charge in [0.05, 0.1) is 0 Å². The lowest BCUT2D eigenvalue weighted by molar-refractivity contribution is -0.129. The van der Waals surface area contributed by atoms with E-state index in [4.69, 9.17) is 0 Å². The average molecular weight is 296 g/mol. The summed E-state index contributed by atoms with van der Waals surface area (Å²) in [7, 11) is 0. The molecule has 0 aromatic heterocycles. The van der Waals surface area contributed by atoms with Crippen molar-refractivity contribution < 1.29 is 9.90 Å². The van der Waals surface area contributed by atoms with Crippen LogP contribution in [0.2, 0.25) is 0 Å². The van der Waals surface area contributed by atoms with Crippen molar-refractivity contribution in [2.45, 2.75) is 51.4 Å². The molecule has 2 heteroatoms. The van der Waals surface area contributed by atoms with Crippen LogP contribution in [0.15, 0.2) is 18.7 Å². The number of phenols is 1. The third-order valence-electron chi connectivity index (χ3n) is 6.85. The third kappa shape index (κ3) is 1.70. The maximum absolute atomic E-state index is 12.3. The molecular weight excluding hydrogens is 272 g/mol. The summed E-state index contributed by atoms with van der Waals surface area (Å²) in [6, 6.07) is 3.94. The quantitative estimate of drug-likeness (QED) is 0.830. The van der Waals surface area contributed by atoms with Gasteiger partial charge in [0.2, 0.25) is 0 Å². The van der Waals surface area contributed by atoms with Crippen LogP contribution in [0.4, 0.5) is 0 Å². The van der Waals surface area contributed by atoms with Crippen molar-refractivity contribution in [1.82, 2.24) is 0 Å². The van der Waals surface area contributed by atoms with Gasteiger partial charge in [0.25, 0.3) is 0 Å². The van der Waals surface area contributed by atoms with Gasteiger partial charge in [-0.15, -0.1) is 0 Å². The Kier molecular flexibility index (Phi) is 3.01. The van der Waals surface area contributed by atoms with Gasteiger partial charge >= 0.3 is 0 Å². The largest absolute Gasteiger partial charge is 0.507 e. The monoisotopic (exact) mass is 296 g/mol. The van der Waals surface area contributed by atoms with Gasteiger partial charge in [-0.05, 0) is 67.1 Å². The number of hydrogen-bond acceptors (Lipinski definition) is 2. The summed E-state index contributed by atoms with van der Waals surface area (Å²) in [5.41, 5.74) is 3.57. The smallest absolute Gasteiger partial charge is 0.139 e. The van der Waals surface area contributed by atoms with Gasteiger partial charge in [-0.1, -0.05) is 25.6 Å². The van der Waals surface area contributed by atoms with E-state index in [9.17, 15) is 9.90 Å². The molecule has 1 aromatic rings. The van der Waals surface area contributed by atoms with Crippen molar-refractivity contribution in [2.24, 2.45) is 17.3 Å². The zero-order valence-corrected chi connectivity index (χ0v) is 13.3. The van der Waals surface area contributed by atoms with E-state index in [1.165, 1.54) is 11.1 Å². The molecule has 0 saturated heterocycles. The van der Waals surface area contributed by atoms with E-state index < -0.39 is 0 Å². The summed E-state index contributed by atoms with van der Waals surface area (Å²) in [5.74, 6) is 2.61. The highest BCUT2D eigenvalue weighted by Gasteiger charge is 2.54. The minimum absolute atomic E-state index is 0.0587. The van der Waals surface area contributed by atoms with Gasteiger partial charge in [0.1, 0.15) is 11.5 Å². The van der Waals surface area contributed by atoms with Gasteiger partial charge in [-0.3, -0.25) is 4.79 Å². The lowest BCUT2D eigenvalue weighted by atomic mass is 9.55. The molecule has 3 aliphatic carbocycles. The van der Waals surface area contributed by atoms with Crippen LogP contribution in [0, 0.1) is 17.3 Å². The molecule has 4 rings (SSSR count). The fraction of sp³-hybridized carbons (Fsp3) is 0.550. The fourth-order valence-electron chi connectivity index (χ4n) is 5.68. The molecule has 116 valence electrons. The second-order valence-electron chi connectivity index (χ2n) is 7.60. The molecule has 2 saturated carbocycles. The Balaban J connectivity index is 1.77. The first-order valence-electron chi connectivity index (χ1n) is 8.56. The Hall–Kier alpha value is -1.57. The summed E-state index contributed by atoms with van der Waals surface area (Å²) in [6.07, 6.45) is 7.95. The Morgan fingerprint density at radius 3 is 2.86 bits per heavy atom. The average Bonchev–Trinajstić information content (AvgIpc) is 2.82. The summed E-state index contributed by atoms with van der Waals surface area (Å²) < 4.78 is 0. The SMILES string of the molecule is C=Cc1c(O)ccc2c1CC[C@@H]1[C@@H]2CC[C@]2(C)C(=O)CC[C@@H]12. The number of aromatic hydroxyl groups is 1. The van der Waals surface area contributed by atoms with Crippen LogP contribution in [-0.2, 0) is 11.2 Å². The van der Waals surface area contributed by atoms with Gasteiger partial charge in [0, 0.05) is 17.4 Å². The maximum atomic E-state index is 12.3. The predicted molar refractivity (Wildman–Crippen MR) is 87.8 cm³/mol. The van der Waals surface area contributed by atoms with Crippen molar-refractivity contribution in [1.29, 1.82) is 0 Å². The van der Waals surface area contributed by atoms with E-state index in [-0.39, 0.29) is 5.41 Å². The zero-order chi connectivity index (χ0) is 15.5. The number of carbonyl (C=O) groups excluding carboxylic acids is 1. The molecule has 0 aliphatic heterocycles. The highest BCUT2D eigenvalue weighted by Crippen LogP contribution is 2.59. The van der Waals surface area contributed by atoms with Crippen LogP contribution in [0.1, 0.15) is 61.6 Å². The molecule has 0 heterocycles. The van der Waals surface area contributed by atoms with E-state index in [0.717, 1.165) is 44.1 Å². The minimum atomic E-state index is -0.0587. The van der Waals surface area contributed by atoms with Crippen LogP contribution in [0.3, 0.4) is 0 Å². The Labute approximate surface area is 132 Å². The van der Waals surface area contributed by atoms with Crippen molar-refractivity contribution >= 4 is 11.9 Å². The topological polar surface area (TPSA) is 37.3 Å². The van der Waals surface area contributed by atoms with Gasteiger partial charge in [0.15, 0.2) is 0 Å². The van der Waals surface area contributed by atoms with E-state index in [1.54, 1.807) is 6.08 Å². The van der Waals surface area contributed by atoms with E-state index in [2.05, 4.69) is 19.6 Å². The van der Waals surface area contributed by atoms with Crippen LogP contribution in [0.5, 0.6) is 5.75 Å². The molecule has 22 heavy (non-hydrogen) atoms. The molecule has 3 aliphatic rings. The first kappa shape index (κ1) is 14.0. The predicted octanol–water partition coefficient (Wildman–Crippen LogP) is 4.46. The van der Waals surface area contributed by atoms with Crippen molar-refractivity contribution in [3.8, 4) is 5.75 Å². The van der Waals surface area contributed by atoms with Gasteiger partial charge in [-0.2, -0.15) is 0 Å². The molecule has 4 atom stereocenters. The standard InChI is InChI=1S/C20H24O2/c1-3-12-13-4-5-16-15(14(13)6-8-18(12)21)10-11-20(2)17(16)7-9-19(20)22/h3,6,8,15-17,21H,1,4-5,7,9-11H2,2H3/t15-,16-,17+,20+/m1/s1. The van der Waals surface area contributed by atoms with Crippen LogP contribution >= 0.6 is 0 Å². The van der Waals surface area contributed by atoms with Crippen molar-refractivity contribution in [2.75, 3.05) is 0 Å². The molecule has 0 spiro atoms. The first-order chi connectivity index (χ1) is 10.6. The Bertz CT molecular complexity index is 660. The van der Waals surface area contributed by atoms with Crippen molar-refractivity contribution in [3.63, 3.8) is 0 Å². The number of Topliss-reactive ketones (excluding diaryl/α,β-unsaturated/α-hetero) is 1.